The number of ether oxygens (including phenoxy) is 1. The number of hydrogen-bond donors (Lipinski definition) is 2. The van der Waals surface area contributed by atoms with E-state index in [1.165, 1.54) is 18.5 Å². The molecule has 1 aromatic heterocycles. The van der Waals surface area contributed by atoms with E-state index in [0.29, 0.717) is 44.0 Å². The van der Waals surface area contributed by atoms with Crippen molar-refractivity contribution in [2.45, 2.75) is 26.4 Å². The van der Waals surface area contributed by atoms with Crippen molar-refractivity contribution < 1.29 is 23.6 Å². The maximum absolute atomic E-state index is 14.9. The highest BCUT2D eigenvalue weighted by Gasteiger charge is 2.25. The molecule has 1 amide bonds. The van der Waals surface area contributed by atoms with Gasteiger partial charge in [0.05, 0.1) is 18.8 Å². The van der Waals surface area contributed by atoms with Crippen LogP contribution in [0.15, 0.2) is 40.7 Å². The molecule has 174 valence electrons. The summed E-state index contributed by atoms with van der Waals surface area (Å²) in [7, 11) is 0. The molecule has 0 unspecified atom stereocenters. The number of ketones is 1. The molecule has 1 aliphatic heterocycles. The second kappa shape index (κ2) is 11.0. The van der Waals surface area contributed by atoms with E-state index in [-0.39, 0.29) is 23.5 Å². The topological polar surface area (TPSA) is 158 Å². The Hall–Kier alpha value is -4.09. The Balaban J connectivity index is 1.56. The average molecular weight is 457 g/mol. The van der Waals surface area contributed by atoms with Gasteiger partial charge in [-0.05, 0) is 13.3 Å². The molecule has 4 N–H and O–H groups in total. The Morgan fingerprint density at radius 2 is 1.94 bits per heavy atom. The Morgan fingerprint density at radius 3 is 2.61 bits per heavy atom. The zero-order valence-electron chi connectivity index (χ0n) is 18.0. The normalized spacial score (nSPS) is 12.5. The van der Waals surface area contributed by atoms with Gasteiger partial charge in [0.15, 0.2) is 5.96 Å². The quantitative estimate of drug-likeness (QED) is 0.248. The van der Waals surface area contributed by atoms with Crippen molar-refractivity contribution >= 4 is 29.5 Å². The number of nitrogens with two attached hydrogens (primary N) is 2. The van der Waals surface area contributed by atoms with Crippen LogP contribution in [0.4, 0.5) is 15.1 Å². The van der Waals surface area contributed by atoms with Crippen LogP contribution in [0.5, 0.6) is 0 Å². The van der Waals surface area contributed by atoms with Crippen molar-refractivity contribution in [3.8, 4) is 11.1 Å². The van der Waals surface area contributed by atoms with Gasteiger partial charge in [0.25, 0.3) is 0 Å². The van der Waals surface area contributed by atoms with Crippen LogP contribution in [0, 0.1) is 5.82 Å². The van der Waals surface area contributed by atoms with Crippen LogP contribution in [0.2, 0.25) is 0 Å². The molecular formula is C21H24FN7O4. The van der Waals surface area contributed by atoms with Crippen molar-refractivity contribution in [2.75, 3.05) is 24.6 Å². The standard InChI is InChI=1S/C21H24FN7O4/c1-13(30)4-3-7-33-28-16-10-29(11-16)20-25-8-15(9-26-20)17-6-2-5-14(18(17)22)12-32-21(31)27-19(23)24/h2,5-6,8-9H,3-4,7,10-12H2,1H3,(H4,23,24,27,31). The van der Waals surface area contributed by atoms with Gasteiger partial charge in [0.1, 0.15) is 24.8 Å². The molecule has 1 aromatic carbocycles. The third kappa shape index (κ3) is 6.69. The lowest BCUT2D eigenvalue weighted by Gasteiger charge is -2.31. The summed E-state index contributed by atoms with van der Waals surface area (Å²) in [5.41, 5.74) is 11.9. The highest BCUT2D eigenvalue weighted by atomic mass is 19.1. The zero-order chi connectivity index (χ0) is 23.8. The van der Waals surface area contributed by atoms with Crippen molar-refractivity contribution in [2.24, 2.45) is 21.6 Å². The number of rotatable bonds is 9. The van der Waals surface area contributed by atoms with Gasteiger partial charge < -0.3 is 30.7 Å². The van der Waals surface area contributed by atoms with E-state index in [1.807, 2.05) is 4.90 Å². The van der Waals surface area contributed by atoms with Crippen LogP contribution in [0.25, 0.3) is 11.1 Å². The second-order valence-electron chi connectivity index (χ2n) is 7.29. The summed E-state index contributed by atoms with van der Waals surface area (Å²) in [4.78, 5) is 41.2. The molecule has 3 rings (SSSR count). The minimum atomic E-state index is -1.01. The van der Waals surface area contributed by atoms with Gasteiger partial charge in [-0.15, -0.1) is 4.99 Å². The Bertz CT molecular complexity index is 1060. The smallest absolute Gasteiger partial charge is 0.437 e. The summed E-state index contributed by atoms with van der Waals surface area (Å²) in [5.74, 6) is -0.396. The van der Waals surface area contributed by atoms with E-state index in [4.69, 9.17) is 21.0 Å². The number of aliphatic imine (C=N–C) groups is 1. The molecule has 1 fully saturated rings. The first-order valence-electron chi connectivity index (χ1n) is 10.1. The largest absolute Gasteiger partial charge is 0.443 e. The number of amides is 1. The van der Waals surface area contributed by atoms with E-state index in [1.54, 1.807) is 19.1 Å². The summed E-state index contributed by atoms with van der Waals surface area (Å²) in [6.45, 7) is 2.65. The highest BCUT2D eigenvalue weighted by molar-refractivity contribution is 5.98. The molecule has 12 heteroatoms. The third-order valence-corrected chi connectivity index (χ3v) is 4.59. The maximum atomic E-state index is 14.9. The first-order valence-corrected chi connectivity index (χ1v) is 10.1. The third-order valence-electron chi connectivity index (χ3n) is 4.59. The Morgan fingerprint density at radius 1 is 1.21 bits per heavy atom. The van der Waals surface area contributed by atoms with Gasteiger partial charge in [0.2, 0.25) is 5.95 Å². The lowest BCUT2D eigenvalue weighted by molar-refractivity contribution is -0.117. The number of halogens is 1. The van der Waals surface area contributed by atoms with Crippen LogP contribution in [0.3, 0.4) is 0 Å². The number of nitrogens with zero attached hydrogens (tertiary/aromatic N) is 5. The van der Waals surface area contributed by atoms with E-state index < -0.39 is 17.9 Å². The van der Waals surface area contributed by atoms with Crippen LogP contribution < -0.4 is 16.4 Å². The van der Waals surface area contributed by atoms with Gasteiger partial charge >= 0.3 is 6.09 Å². The SMILES string of the molecule is CC(=O)CCCON=C1CN(c2ncc(-c3cccc(COC(=O)N=C(N)N)c3F)cn2)C1. The highest BCUT2D eigenvalue weighted by Crippen LogP contribution is 2.26. The van der Waals surface area contributed by atoms with Gasteiger partial charge in [-0.1, -0.05) is 23.4 Å². The molecule has 0 atom stereocenters. The Kier molecular flexibility index (Phi) is 7.84. The molecule has 0 saturated carbocycles. The molecule has 2 heterocycles. The first-order chi connectivity index (χ1) is 15.8. The van der Waals surface area contributed by atoms with Crippen molar-refractivity contribution in [1.29, 1.82) is 0 Å². The summed E-state index contributed by atoms with van der Waals surface area (Å²) < 4.78 is 19.7. The number of oxime groups is 1. The molecule has 0 bridgehead atoms. The van der Waals surface area contributed by atoms with Gasteiger partial charge in [-0.2, -0.15) is 0 Å². The van der Waals surface area contributed by atoms with Gasteiger partial charge in [0, 0.05) is 35.5 Å². The van der Waals surface area contributed by atoms with E-state index in [9.17, 15) is 14.0 Å². The average Bonchev–Trinajstić information content (AvgIpc) is 2.74. The van der Waals surface area contributed by atoms with E-state index >= 15 is 0 Å². The molecule has 2 aromatic rings. The van der Waals surface area contributed by atoms with Crippen molar-refractivity contribution in [3.05, 3.63) is 42.0 Å². The molecule has 1 aliphatic rings. The monoisotopic (exact) mass is 457 g/mol. The molecule has 0 spiro atoms. The minimum Gasteiger partial charge on any atom is -0.443 e. The fourth-order valence-electron chi connectivity index (χ4n) is 2.93. The molecule has 11 nitrogen and oxygen atoms in total. The molecule has 0 aliphatic carbocycles. The fraction of sp³-hybridized carbons (Fsp3) is 0.333. The van der Waals surface area contributed by atoms with Crippen LogP contribution >= 0.6 is 0 Å². The number of benzene rings is 1. The zero-order valence-corrected chi connectivity index (χ0v) is 18.0. The molecule has 1 saturated heterocycles. The van der Waals surface area contributed by atoms with Crippen LogP contribution in [0.1, 0.15) is 25.3 Å². The minimum absolute atomic E-state index is 0.125. The summed E-state index contributed by atoms with van der Waals surface area (Å²) in [5, 5.41) is 4.03. The van der Waals surface area contributed by atoms with E-state index in [2.05, 4.69) is 20.1 Å². The van der Waals surface area contributed by atoms with Crippen LogP contribution in [-0.4, -0.2) is 53.2 Å². The number of carbonyl (C=O) groups is 2. The number of hydrogen-bond acceptors (Lipinski definition) is 8. The molecule has 0 radical (unpaired) electrons. The number of Topliss-reactive ketones (excluding diaryl/α,β-unsaturated/α-hetero) is 1. The van der Waals surface area contributed by atoms with Crippen LogP contribution in [-0.2, 0) is 21.0 Å². The lowest BCUT2D eigenvalue weighted by Crippen LogP contribution is -2.48. The maximum Gasteiger partial charge on any atom is 0.437 e. The summed E-state index contributed by atoms with van der Waals surface area (Å²) in [6.07, 6.45) is 3.14. The molecule has 33 heavy (non-hydrogen) atoms. The number of anilines is 1. The fourth-order valence-corrected chi connectivity index (χ4v) is 2.93. The number of guanidine groups is 1. The second-order valence-corrected chi connectivity index (χ2v) is 7.29. The predicted octanol–water partition coefficient (Wildman–Crippen LogP) is 1.75. The molecular weight excluding hydrogens is 433 g/mol. The summed E-state index contributed by atoms with van der Waals surface area (Å²) >= 11 is 0. The lowest BCUT2D eigenvalue weighted by atomic mass is 10.1. The van der Waals surface area contributed by atoms with Gasteiger partial charge in [-0.3, -0.25) is 0 Å². The number of aromatic nitrogens is 2. The van der Waals surface area contributed by atoms with Crippen molar-refractivity contribution in [1.82, 2.24) is 9.97 Å². The summed E-state index contributed by atoms with van der Waals surface area (Å²) in [6, 6.07) is 4.69. The predicted molar refractivity (Wildman–Crippen MR) is 119 cm³/mol. The number of carbonyl (C=O) groups excluding carboxylic acids is 2. The van der Waals surface area contributed by atoms with Crippen molar-refractivity contribution in [3.63, 3.8) is 0 Å². The van der Waals surface area contributed by atoms with Gasteiger partial charge in [-0.25, -0.2) is 19.2 Å². The van der Waals surface area contributed by atoms with E-state index in [0.717, 1.165) is 5.71 Å². The Labute approximate surface area is 189 Å². The first kappa shape index (κ1) is 23.6.